The summed E-state index contributed by atoms with van der Waals surface area (Å²) in [6.45, 7) is 2.32. The summed E-state index contributed by atoms with van der Waals surface area (Å²) in [7, 11) is -4.63. The van der Waals surface area contributed by atoms with Crippen molar-refractivity contribution in [1.82, 2.24) is 0 Å². The molecule has 3 N–H and O–H groups in total. The van der Waals surface area contributed by atoms with E-state index in [0.717, 1.165) is 38.5 Å². The van der Waals surface area contributed by atoms with Gasteiger partial charge in [-0.05, 0) is 57.8 Å². The summed E-state index contributed by atoms with van der Waals surface area (Å²) in [6, 6.07) is 0. The minimum absolute atomic E-state index is 0.0780. The molecule has 0 spiro atoms. The Morgan fingerprint density at radius 2 is 0.931 bits per heavy atom. The number of phosphoric ester groups is 1. The monoisotopic (exact) mass is 843 g/mol. The number of carbonyl (C=O) groups is 2. The molecule has 11 heteroatoms. The molecule has 3 atom stereocenters. The van der Waals surface area contributed by atoms with E-state index in [1.165, 1.54) is 135 Å². The molecule has 0 aromatic rings. The van der Waals surface area contributed by atoms with Gasteiger partial charge >= 0.3 is 19.8 Å². The van der Waals surface area contributed by atoms with Crippen LogP contribution in [0.2, 0.25) is 0 Å². The molecule has 0 bridgehead atoms. The minimum atomic E-state index is -4.63. The maximum Gasteiger partial charge on any atom is 0.472 e. The van der Waals surface area contributed by atoms with Crippen LogP contribution in [0.1, 0.15) is 213 Å². The highest BCUT2D eigenvalue weighted by Crippen LogP contribution is 2.43. The Kier molecular flexibility index (Phi) is 41.9. The predicted molar refractivity (Wildman–Crippen MR) is 238 cm³/mol. The summed E-state index contributed by atoms with van der Waals surface area (Å²) in [6.07, 6.45) is 45.7. The van der Waals surface area contributed by atoms with E-state index in [1.807, 2.05) is 12.2 Å². The van der Waals surface area contributed by atoms with Gasteiger partial charge in [0, 0.05) is 12.8 Å². The number of aliphatic hydroxyl groups is 2. The summed E-state index contributed by atoms with van der Waals surface area (Å²) in [4.78, 5) is 35.0. The predicted octanol–water partition coefficient (Wildman–Crippen LogP) is 12.7. The van der Waals surface area contributed by atoms with E-state index in [4.69, 9.17) is 19.1 Å². The molecule has 0 heterocycles. The fourth-order valence-corrected chi connectivity index (χ4v) is 7.18. The van der Waals surface area contributed by atoms with Crippen molar-refractivity contribution in [2.45, 2.75) is 225 Å². The Labute approximate surface area is 354 Å². The third-order valence-corrected chi connectivity index (χ3v) is 11.0. The van der Waals surface area contributed by atoms with Gasteiger partial charge < -0.3 is 24.6 Å². The van der Waals surface area contributed by atoms with Crippen molar-refractivity contribution in [2.24, 2.45) is 0 Å². The molecule has 2 unspecified atom stereocenters. The topological polar surface area (TPSA) is 149 Å². The molecule has 58 heavy (non-hydrogen) atoms. The van der Waals surface area contributed by atoms with Crippen LogP contribution >= 0.6 is 7.82 Å². The van der Waals surface area contributed by atoms with Crippen LogP contribution in [-0.4, -0.2) is 65.7 Å². The lowest BCUT2D eigenvalue weighted by Gasteiger charge is -2.20. The summed E-state index contributed by atoms with van der Waals surface area (Å²) in [5, 5.41) is 18.3. The SMILES string of the molecule is CCCCCCCC/C=C/C/C=C/CCC(=O)OC(COC(=O)CCCCCCCCC/C=C/CCCCCCCCCCCCC)COP(=O)(O)OC[C@H](O)CO. The molecule has 0 radical (unpaired) electrons. The number of unbranched alkanes of at least 4 members (excludes halogenated alkanes) is 24. The zero-order valence-electron chi connectivity index (χ0n) is 37.0. The normalized spacial score (nSPS) is 14.1. The molecule has 0 fully saturated rings. The first-order valence-electron chi connectivity index (χ1n) is 23.4. The highest BCUT2D eigenvalue weighted by molar-refractivity contribution is 7.47. The Balaban J connectivity index is 4.23. The molecule has 0 aromatic heterocycles. The highest BCUT2D eigenvalue weighted by atomic mass is 31.2. The van der Waals surface area contributed by atoms with Crippen LogP contribution in [-0.2, 0) is 32.7 Å². The summed E-state index contributed by atoms with van der Waals surface area (Å²) < 4.78 is 32.7. The Morgan fingerprint density at radius 1 is 0.517 bits per heavy atom. The van der Waals surface area contributed by atoms with Crippen LogP contribution < -0.4 is 0 Å². The lowest BCUT2D eigenvalue weighted by Crippen LogP contribution is -2.29. The molecule has 0 aromatic carbocycles. The van der Waals surface area contributed by atoms with Gasteiger partial charge in [0.15, 0.2) is 6.10 Å². The van der Waals surface area contributed by atoms with Gasteiger partial charge in [0.05, 0.1) is 19.8 Å². The molecular formula is C47H87O10P. The van der Waals surface area contributed by atoms with Crippen LogP contribution in [0, 0.1) is 0 Å². The van der Waals surface area contributed by atoms with Crippen molar-refractivity contribution < 1.29 is 47.8 Å². The van der Waals surface area contributed by atoms with E-state index in [2.05, 4.69) is 42.7 Å². The first-order valence-corrected chi connectivity index (χ1v) is 24.9. The first kappa shape index (κ1) is 56.2. The third kappa shape index (κ3) is 42.3. The fraction of sp³-hybridized carbons (Fsp3) is 0.830. The molecule has 10 nitrogen and oxygen atoms in total. The first-order chi connectivity index (χ1) is 28.2. The van der Waals surface area contributed by atoms with Gasteiger partial charge in [0.1, 0.15) is 12.7 Å². The van der Waals surface area contributed by atoms with Crippen LogP contribution in [0.3, 0.4) is 0 Å². The summed E-state index contributed by atoms with van der Waals surface area (Å²) >= 11 is 0. The van der Waals surface area contributed by atoms with Crippen LogP contribution in [0.25, 0.3) is 0 Å². The van der Waals surface area contributed by atoms with Crippen molar-refractivity contribution in [3.63, 3.8) is 0 Å². The molecular weight excluding hydrogens is 755 g/mol. The van der Waals surface area contributed by atoms with Gasteiger partial charge in [-0.2, -0.15) is 0 Å². The van der Waals surface area contributed by atoms with Gasteiger partial charge in [-0.15, -0.1) is 0 Å². The Morgan fingerprint density at radius 3 is 1.41 bits per heavy atom. The van der Waals surface area contributed by atoms with E-state index in [1.54, 1.807) is 0 Å². The average Bonchev–Trinajstić information content (AvgIpc) is 3.21. The number of phosphoric acid groups is 1. The van der Waals surface area contributed by atoms with Crippen molar-refractivity contribution in [3.8, 4) is 0 Å². The van der Waals surface area contributed by atoms with E-state index in [9.17, 15) is 24.2 Å². The molecule has 0 rings (SSSR count). The molecule has 0 amide bonds. The van der Waals surface area contributed by atoms with Gasteiger partial charge in [0.25, 0.3) is 0 Å². The van der Waals surface area contributed by atoms with Crippen molar-refractivity contribution >= 4 is 19.8 Å². The zero-order valence-corrected chi connectivity index (χ0v) is 37.9. The van der Waals surface area contributed by atoms with E-state index < -0.39 is 51.8 Å². The van der Waals surface area contributed by atoms with E-state index in [0.29, 0.717) is 12.8 Å². The zero-order chi connectivity index (χ0) is 42.6. The lowest BCUT2D eigenvalue weighted by molar-refractivity contribution is -0.161. The Bertz CT molecular complexity index is 1060. The number of ether oxygens (including phenoxy) is 2. The molecule has 0 aliphatic rings. The number of hydrogen-bond acceptors (Lipinski definition) is 9. The number of esters is 2. The molecule has 0 saturated heterocycles. The average molecular weight is 843 g/mol. The minimum Gasteiger partial charge on any atom is -0.462 e. The largest absolute Gasteiger partial charge is 0.472 e. The standard InChI is InChI=1S/C47H87O10P/c1-3-5-7-9-11-13-15-17-18-19-20-21-22-23-24-25-27-28-30-32-34-36-38-46(50)54-42-45(43-56-58(52,53)55-41-44(49)40-48)57-47(51)39-37-35-33-31-29-26-16-14-12-10-8-6-4-2/h22-23,26,29,33,35,44-45,48-49H,3-21,24-25,27-28,30-32,34,36-43H2,1-2H3,(H,52,53)/b23-22+,29-26+,35-33+/t44-,45?/m1/s1. The molecule has 340 valence electrons. The summed E-state index contributed by atoms with van der Waals surface area (Å²) in [5.74, 6) is -1.00. The van der Waals surface area contributed by atoms with Crippen molar-refractivity contribution in [2.75, 3.05) is 26.4 Å². The number of rotatable bonds is 44. The van der Waals surface area contributed by atoms with E-state index >= 15 is 0 Å². The fourth-order valence-electron chi connectivity index (χ4n) is 6.39. The lowest BCUT2D eigenvalue weighted by atomic mass is 10.0. The second-order valence-electron chi connectivity index (χ2n) is 15.8. The summed E-state index contributed by atoms with van der Waals surface area (Å²) in [5.41, 5.74) is 0. The smallest absolute Gasteiger partial charge is 0.462 e. The number of hydrogen-bond donors (Lipinski definition) is 3. The van der Waals surface area contributed by atoms with E-state index in [-0.39, 0.29) is 19.4 Å². The van der Waals surface area contributed by atoms with Gasteiger partial charge in [-0.25, -0.2) is 4.57 Å². The van der Waals surface area contributed by atoms with Crippen LogP contribution in [0.15, 0.2) is 36.5 Å². The molecule has 0 aliphatic heterocycles. The second kappa shape index (κ2) is 43.3. The molecule has 0 aliphatic carbocycles. The maximum absolute atomic E-state index is 12.6. The maximum atomic E-state index is 12.6. The van der Waals surface area contributed by atoms with Crippen molar-refractivity contribution in [3.05, 3.63) is 36.5 Å². The van der Waals surface area contributed by atoms with Gasteiger partial charge in [0.2, 0.25) is 0 Å². The van der Waals surface area contributed by atoms with Crippen LogP contribution in [0.5, 0.6) is 0 Å². The number of aliphatic hydroxyl groups excluding tert-OH is 2. The van der Waals surface area contributed by atoms with Gasteiger partial charge in [-0.3, -0.25) is 18.6 Å². The highest BCUT2D eigenvalue weighted by Gasteiger charge is 2.27. The van der Waals surface area contributed by atoms with Crippen LogP contribution in [0.4, 0.5) is 0 Å². The van der Waals surface area contributed by atoms with Gasteiger partial charge in [-0.1, -0.05) is 179 Å². The second-order valence-corrected chi connectivity index (χ2v) is 17.2. The number of carbonyl (C=O) groups excluding carboxylic acids is 2. The Hall–Kier alpha value is -1.81. The molecule has 0 saturated carbocycles. The number of allylic oxidation sites excluding steroid dienone is 6. The third-order valence-electron chi connectivity index (χ3n) is 10.0. The quantitative estimate of drug-likeness (QED) is 0.0234. The van der Waals surface area contributed by atoms with Crippen molar-refractivity contribution in [1.29, 1.82) is 0 Å².